The molecule has 0 atom stereocenters. The molecule has 0 radical (unpaired) electrons. The molecule has 6 heteroatoms. The average molecular weight is 290 g/mol. The predicted octanol–water partition coefficient (Wildman–Crippen LogP) is 2.50. The summed E-state index contributed by atoms with van der Waals surface area (Å²) in [4.78, 5) is 16.5. The molecule has 0 saturated heterocycles. The molecule has 0 spiro atoms. The number of aromatic nitrogens is 4. The normalized spacial score (nSPS) is 10.9. The molecule has 0 fully saturated rings. The van der Waals surface area contributed by atoms with Gasteiger partial charge in [-0.05, 0) is 24.3 Å². The number of hydrogen-bond acceptors (Lipinski definition) is 5. The maximum atomic E-state index is 12.2. The lowest BCUT2D eigenvalue weighted by molar-refractivity contribution is 0.0734. The van der Waals surface area contributed by atoms with Crippen LogP contribution >= 0.6 is 0 Å². The molecule has 3 aromatic heterocycles. The number of pyridine rings is 2. The van der Waals surface area contributed by atoms with Crippen LogP contribution in [0.3, 0.4) is 0 Å². The summed E-state index contributed by atoms with van der Waals surface area (Å²) in [5.41, 5.74) is 1.94. The summed E-state index contributed by atoms with van der Waals surface area (Å²) in [5, 5.41) is 8.58. The lowest BCUT2D eigenvalue weighted by atomic mass is 10.2. The van der Waals surface area contributed by atoms with Crippen molar-refractivity contribution in [3.8, 4) is 5.75 Å². The minimum Gasteiger partial charge on any atom is -0.421 e. The van der Waals surface area contributed by atoms with Crippen molar-refractivity contribution in [2.45, 2.75) is 0 Å². The molecule has 6 nitrogen and oxygen atoms in total. The number of carbonyl (C=O) groups excluding carboxylic acids is 1. The first-order valence-electron chi connectivity index (χ1n) is 6.66. The molecule has 1 aromatic carbocycles. The Bertz CT molecular complexity index is 993. The van der Waals surface area contributed by atoms with E-state index in [9.17, 15) is 4.79 Å². The largest absolute Gasteiger partial charge is 0.421 e. The maximum Gasteiger partial charge on any atom is 0.345 e. The second-order valence-corrected chi connectivity index (χ2v) is 4.77. The van der Waals surface area contributed by atoms with Gasteiger partial charge in [0, 0.05) is 11.6 Å². The van der Waals surface area contributed by atoms with Crippen LogP contribution < -0.4 is 4.74 Å². The number of fused-ring (bicyclic) bond motifs is 2. The Kier molecular flexibility index (Phi) is 2.79. The molecular formula is C16H10N4O2. The van der Waals surface area contributed by atoms with Crippen molar-refractivity contribution in [3.63, 3.8) is 0 Å². The van der Waals surface area contributed by atoms with E-state index in [0.717, 1.165) is 10.9 Å². The minimum absolute atomic E-state index is 0.410. The van der Waals surface area contributed by atoms with Crippen molar-refractivity contribution in [1.82, 2.24) is 19.6 Å². The highest BCUT2D eigenvalue weighted by molar-refractivity contribution is 5.91. The third-order valence-corrected chi connectivity index (χ3v) is 3.30. The molecule has 4 aromatic rings. The van der Waals surface area contributed by atoms with Gasteiger partial charge in [0.2, 0.25) is 0 Å². The zero-order chi connectivity index (χ0) is 14.9. The number of esters is 1. The van der Waals surface area contributed by atoms with Gasteiger partial charge in [0.05, 0.1) is 17.3 Å². The van der Waals surface area contributed by atoms with Gasteiger partial charge < -0.3 is 4.74 Å². The van der Waals surface area contributed by atoms with Crippen molar-refractivity contribution < 1.29 is 9.53 Å². The summed E-state index contributed by atoms with van der Waals surface area (Å²) in [6.45, 7) is 0. The molecule has 0 N–H and O–H groups in total. The number of para-hydroxylation sites is 1. The van der Waals surface area contributed by atoms with Crippen molar-refractivity contribution in [2.24, 2.45) is 0 Å². The molecule has 0 amide bonds. The monoisotopic (exact) mass is 290 g/mol. The second-order valence-electron chi connectivity index (χ2n) is 4.77. The second kappa shape index (κ2) is 4.92. The Morgan fingerprint density at radius 1 is 1.14 bits per heavy atom. The Morgan fingerprint density at radius 2 is 2.05 bits per heavy atom. The van der Waals surface area contributed by atoms with Gasteiger partial charge in [0.1, 0.15) is 12.1 Å². The molecule has 0 bridgehead atoms. The van der Waals surface area contributed by atoms with E-state index < -0.39 is 5.97 Å². The molecular weight excluding hydrogens is 280 g/mol. The molecule has 3 heterocycles. The van der Waals surface area contributed by atoms with E-state index in [2.05, 4.69) is 15.2 Å². The molecule has 4 rings (SSSR count). The van der Waals surface area contributed by atoms with E-state index in [1.54, 1.807) is 28.8 Å². The number of nitrogens with zero attached hydrogens (tertiary/aromatic N) is 4. The van der Waals surface area contributed by atoms with Gasteiger partial charge in [-0.15, -0.1) is 10.2 Å². The number of rotatable bonds is 2. The number of benzene rings is 1. The van der Waals surface area contributed by atoms with Crippen LogP contribution in [-0.2, 0) is 0 Å². The number of ether oxygens (including phenoxy) is 1. The molecule has 0 aliphatic rings. The van der Waals surface area contributed by atoms with Gasteiger partial charge in [-0.25, -0.2) is 4.79 Å². The van der Waals surface area contributed by atoms with Crippen LogP contribution in [0.25, 0.3) is 16.6 Å². The fraction of sp³-hybridized carbons (Fsp3) is 0. The smallest absolute Gasteiger partial charge is 0.345 e. The minimum atomic E-state index is -0.451. The number of hydrogen-bond donors (Lipinski definition) is 0. The van der Waals surface area contributed by atoms with Gasteiger partial charge in [0.15, 0.2) is 5.65 Å². The van der Waals surface area contributed by atoms with Gasteiger partial charge in [-0.2, -0.15) is 0 Å². The van der Waals surface area contributed by atoms with Crippen molar-refractivity contribution >= 4 is 22.5 Å². The maximum absolute atomic E-state index is 12.2. The summed E-state index contributed by atoms with van der Waals surface area (Å²) in [5.74, 6) is -0.0414. The topological polar surface area (TPSA) is 69.4 Å². The standard InChI is InChI=1S/C16H10N4O2/c21-16(12-5-6-15-19-18-10-20(15)9-12)22-13-7-11-3-1-2-4-14(11)17-8-13/h1-10H. The van der Waals surface area contributed by atoms with Crippen molar-refractivity contribution in [3.05, 3.63) is 66.7 Å². The van der Waals surface area contributed by atoms with Crippen LogP contribution in [0, 0.1) is 0 Å². The molecule has 0 aliphatic heterocycles. The van der Waals surface area contributed by atoms with E-state index in [1.807, 2.05) is 24.3 Å². The first kappa shape index (κ1) is 12.5. The van der Waals surface area contributed by atoms with E-state index >= 15 is 0 Å². The highest BCUT2D eigenvalue weighted by Crippen LogP contribution is 2.19. The van der Waals surface area contributed by atoms with E-state index in [0.29, 0.717) is 17.0 Å². The van der Waals surface area contributed by atoms with Gasteiger partial charge in [-0.1, -0.05) is 18.2 Å². The average Bonchev–Trinajstić information content (AvgIpc) is 3.02. The fourth-order valence-corrected chi connectivity index (χ4v) is 2.22. The summed E-state index contributed by atoms with van der Waals surface area (Å²) in [7, 11) is 0. The quantitative estimate of drug-likeness (QED) is 0.530. The van der Waals surface area contributed by atoms with Crippen LogP contribution in [0.4, 0.5) is 0 Å². The Labute approximate surface area is 125 Å². The highest BCUT2D eigenvalue weighted by Gasteiger charge is 2.10. The molecule has 0 saturated carbocycles. The summed E-state index contributed by atoms with van der Waals surface area (Å²) >= 11 is 0. The molecule has 22 heavy (non-hydrogen) atoms. The van der Waals surface area contributed by atoms with E-state index in [4.69, 9.17) is 4.74 Å². The third kappa shape index (κ3) is 2.16. The zero-order valence-corrected chi connectivity index (χ0v) is 11.4. The summed E-state index contributed by atoms with van der Waals surface area (Å²) in [6.07, 6.45) is 4.70. The van der Waals surface area contributed by atoms with Crippen LogP contribution in [-0.4, -0.2) is 25.6 Å². The fourth-order valence-electron chi connectivity index (χ4n) is 2.22. The predicted molar refractivity (Wildman–Crippen MR) is 79.7 cm³/mol. The zero-order valence-electron chi connectivity index (χ0n) is 11.4. The van der Waals surface area contributed by atoms with E-state index in [1.165, 1.54) is 12.5 Å². The molecule has 0 aliphatic carbocycles. The molecule has 106 valence electrons. The Hall–Kier alpha value is -3.28. The van der Waals surface area contributed by atoms with Crippen LogP contribution in [0.2, 0.25) is 0 Å². The van der Waals surface area contributed by atoms with Crippen LogP contribution in [0.15, 0.2) is 61.2 Å². The first-order chi connectivity index (χ1) is 10.8. The van der Waals surface area contributed by atoms with Gasteiger partial charge in [0.25, 0.3) is 0 Å². The summed E-state index contributed by atoms with van der Waals surface area (Å²) in [6, 6.07) is 12.8. The lowest BCUT2D eigenvalue weighted by Crippen LogP contribution is -2.09. The van der Waals surface area contributed by atoms with Crippen LogP contribution in [0.1, 0.15) is 10.4 Å². The first-order valence-corrected chi connectivity index (χ1v) is 6.66. The third-order valence-electron chi connectivity index (χ3n) is 3.30. The Morgan fingerprint density at radius 3 is 3.00 bits per heavy atom. The SMILES string of the molecule is O=C(Oc1cnc2ccccc2c1)c1ccc2nncn2c1. The summed E-state index contributed by atoms with van der Waals surface area (Å²) < 4.78 is 7.04. The van der Waals surface area contributed by atoms with Crippen molar-refractivity contribution in [1.29, 1.82) is 0 Å². The van der Waals surface area contributed by atoms with E-state index in [-0.39, 0.29) is 0 Å². The van der Waals surface area contributed by atoms with Crippen LogP contribution in [0.5, 0.6) is 5.75 Å². The van der Waals surface area contributed by atoms with Gasteiger partial charge >= 0.3 is 5.97 Å². The van der Waals surface area contributed by atoms with Gasteiger partial charge in [-0.3, -0.25) is 9.38 Å². The highest BCUT2D eigenvalue weighted by atomic mass is 16.5. The van der Waals surface area contributed by atoms with Crippen molar-refractivity contribution in [2.75, 3.05) is 0 Å². The lowest BCUT2D eigenvalue weighted by Gasteiger charge is -2.05. The molecule has 0 unspecified atom stereocenters. The Balaban J connectivity index is 1.64. The number of carbonyl (C=O) groups is 1.